The largest absolute Gasteiger partial charge is 0.496 e. The third-order valence-corrected chi connectivity index (χ3v) is 3.98. The van der Waals surface area contributed by atoms with Gasteiger partial charge in [-0.3, -0.25) is 0 Å². The Labute approximate surface area is 148 Å². The Kier molecular flexibility index (Phi) is 6.57. The van der Waals surface area contributed by atoms with E-state index in [9.17, 15) is 9.59 Å². The molecule has 2 aromatic rings. The van der Waals surface area contributed by atoms with Gasteiger partial charge in [0.1, 0.15) is 12.0 Å². The number of benzene rings is 2. The van der Waals surface area contributed by atoms with E-state index in [1.165, 1.54) is 0 Å². The molecule has 2 rings (SSSR count). The second-order valence-corrected chi connectivity index (χ2v) is 5.88. The standard InChI is InChI=1S/C20H23NO4/c1-21(2)17-9-10-18(19(13-17)24-3)16(11-12-22)14-25-20(23)15-7-5-4-6-8-15/h4-10,12-13,16H,11,14H2,1-3H3/t16-/m1/s1. The molecule has 5 heteroatoms. The second-order valence-electron chi connectivity index (χ2n) is 5.88. The minimum Gasteiger partial charge on any atom is -0.496 e. The minimum atomic E-state index is -0.402. The van der Waals surface area contributed by atoms with Crippen LogP contribution in [0.3, 0.4) is 0 Å². The van der Waals surface area contributed by atoms with Gasteiger partial charge in [-0.1, -0.05) is 24.3 Å². The van der Waals surface area contributed by atoms with E-state index in [1.807, 2.05) is 43.3 Å². The first-order valence-electron chi connectivity index (χ1n) is 8.08. The highest BCUT2D eigenvalue weighted by atomic mass is 16.5. The summed E-state index contributed by atoms with van der Waals surface area (Å²) in [5, 5.41) is 0. The molecule has 0 N–H and O–H groups in total. The van der Waals surface area contributed by atoms with Gasteiger partial charge in [0.25, 0.3) is 0 Å². The highest BCUT2D eigenvalue weighted by Gasteiger charge is 2.19. The molecule has 0 fully saturated rings. The molecule has 0 heterocycles. The van der Waals surface area contributed by atoms with Gasteiger partial charge in [-0.05, 0) is 18.2 Å². The lowest BCUT2D eigenvalue weighted by molar-refractivity contribution is -0.108. The summed E-state index contributed by atoms with van der Waals surface area (Å²) in [6.45, 7) is 0.115. The summed E-state index contributed by atoms with van der Waals surface area (Å²) < 4.78 is 10.9. The summed E-state index contributed by atoms with van der Waals surface area (Å²) in [6, 6.07) is 14.6. The zero-order valence-electron chi connectivity index (χ0n) is 14.8. The smallest absolute Gasteiger partial charge is 0.338 e. The maximum atomic E-state index is 12.1. The molecule has 25 heavy (non-hydrogen) atoms. The van der Waals surface area contributed by atoms with Crippen molar-refractivity contribution in [2.24, 2.45) is 0 Å². The van der Waals surface area contributed by atoms with Crippen LogP contribution in [0.25, 0.3) is 0 Å². The topological polar surface area (TPSA) is 55.8 Å². The van der Waals surface area contributed by atoms with Crippen molar-refractivity contribution in [2.75, 3.05) is 32.7 Å². The van der Waals surface area contributed by atoms with Gasteiger partial charge in [0, 0.05) is 43.8 Å². The molecule has 0 aliphatic carbocycles. The number of hydrogen-bond donors (Lipinski definition) is 0. The first-order valence-corrected chi connectivity index (χ1v) is 8.08. The Bertz CT molecular complexity index is 713. The summed E-state index contributed by atoms with van der Waals surface area (Å²) in [7, 11) is 5.48. The number of carbonyl (C=O) groups excluding carboxylic acids is 2. The lowest BCUT2D eigenvalue weighted by Gasteiger charge is -2.20. The van der Waals surface area contributed by atoms with E-state index in [4.69, 9.17) is 9.47 Å². The van der Waals surface area contributed by atoms with Crippen LogP contribution in [0.2, 0.25) is 0 Å². The zero-order valence-corrected chi connectivity index (χ0v) is 14.8. The van der Waals surface area contributed by atoms with Gasteiger partial charge in [-0.2, -0.15) is 0 Å². The third-order valence-electron chi connectivity index (χ3n) is 3.98. The number of hydrogen-bond acceptors (Lipinski definition) is 5. The number of nitrogens with zero attached hydrogens (tertiary/aromatic N) is 1. The first-order chi connectivity index (χ1) is 12.1. The van der Waals surface area contributed by atoms with Gasteiger partial charge in [0.05, 0.1) is 19.3 Å². The summed E-state index contributed by atoms with van der Waals surface area (Å²) in [6.07, 6.45) is 1.08. The van der Waals surface area contributed by atoms with Crippen LogP contribution >= 0.6 is 0 Å². The number of anilines is 1. The highest BCUT2D eigenvalue weighted by molar-refractivity contribution is 5.89. The van der Waals surface area contributed by atoms with Crippen molar-refractivity contribution in [1.29, 1.82) is 0 Å². The van der Waals surface area contributed by atoms with Crippen molar-refractivity contribution in [3.8, 4) is 5.75 Å². The van der Waals surface area contributed by atoms with Crippen LogP contribution < -0.4 is 9.64 Å². The Morgan fingerprint density at radius 1 is 1.16 bits per heavy atom. The molecule has 0 aromatic heterocycles. The van der Waals surface area contributed by atoms with Crippen molar-refractivity contribution in [2.45, 2.75) is 12.3 Å². The maximum absolute atomic E-state index is 12.1. The monoisotopic (exact) mass is 341 g/mol. The quantitative estimate of drug-likeness (QED) is 0.545. The molecule has 1 atom stereocenters. The van der Waals surface area contributed by atoms with Crippen molar-refractivity contribution in [3.05, 3.63) is 59.7 Å². The van der Waals surface area contributed by atoms with E-state index in [2.05, 4.69) is 0 Å². The summed E-state index contributed by atoms with van der Waals surface area (Å²) in [5.74, 6) is 0.0190. The molecular formula is C20H23NO4. The molecule has 0 aliphatic rings. The Morgan fingerprint density at radius 3 is 2.48 bits per heavy atom. The molecule has 0 unspecified atom stereocenters. The van der Waals surface area contributed by atoms with Gasteiger partial charge in [0.2, 0.25) is 0 Å². The van der Waals surface area contributed by atoms with Crippen LogP contribution in [-0.4, -0.2) is 40.1 Å². The molecule has 0 radical (unpaired) electrons. The van der Waals surface area contributed by atoms with Crippen LogP contribution in [0, 0.1) is 0 Å². The molecule has 0 bridgehead atoms. The number of rotatable bonds is 8. The predicted octanol–water partition coefficient (Wildman–Crippen LogP) is 3.29. The normalized spacial score (nSPS) is 11.5. The van der Waals surface area contributed by atoms with E-state index in [0.29, 0.717) is 11.3 Å². The molecule has 2 aromatic carbocycles. The van der Waals surface area contributed by atoms with Gasteiger partial charge in [-0.25, -0.2) is 4.79 Å². The number of methoxy groups -OCH3 is 1. The minimum absolute atomic E-state index is 0.115. The average Bonchev–Trinajstić information content (AvgIpc) is 2.65. The molecule has 0 saturated carbocycles. The molecular weight excluding hydrogens is 318 g/mol. The molecule has 0 amide bonds. The fraction of sp³-hybridized carbons (Fsp3) is 0.300. The summed E-state index contributed by atoms with van der Waals surface area (Å²) in [5.41, 5.74) is 2.33. The van der Waals surface area contributed by atoms with Crippen LogP contribution in [0.5, 0.6) is 5.75 Å². The van der Waals surface area contributed by atoms with Crippen LogP contribution in [-0.2, 0) is 9.53 Å². The molecule has 5 nitrogen and oxygen atoms in total. The number of carbonyl (C=O) groups is 2. The van der Waals surface area contributed by atoms with Crippen molar-refractivity contribution >= 4 is 17.9 Å². The lowest BCUT2D eigenvalue weighted by atomic mass is 9.95. The number of ether oxygens (including phenoxy) is 2. The Balaban J connectivity index is 2.17. The highest BCUT2D eigenvalue weighted by Crippen LogP contribution is 2.32. The van der Waals surface area contributed by atoms with Gasteiger partial charge in [-0.15, -0.1) is 0 Å². The van der Waals surface area contributed by atoms with E-state index in [0.717, 1.165) is 17.5 Å². The first kappa shape index (κ1) is 18.5. The van der Waals surface area contributed by atoms with Crippen LogP contribution in [0.15, 0.2) is 48.5 Å². The fourth-order valence-electron chi connectivity index (χ4n) is 2.55. The van der Waals surface area contributed by atoms with Crippen molar-refractivity contribution in [3.63, 3.8) is 0 Å². The zero-order chi connectivity index (χ0) is 18.2. The Morgan fingerprint density at radius 2 is 1.88 bits per heavy atom. The van der Waals surface area contributed by atoms with Crippen LogP contribution in [0.1, 0.15) is 28.3 Å². The van der Waals surface area contributed by atoms with Gasteiger partial charge < -0.3 is 19.2 Å². The van der Waals surface area contributed by atoms with E-state index in [-0.39, 0.29) is 18.9 Å². The van der Waals surface area contributed by atoms with Crippen molar-refractivity contribution < 1.29 is 19.1 Å². The average molecular weight is 341 g/mol. The summed E-state index contributed by atoms with van der Waals surface area (Å²) >= 11 is 0. The molecule has 0 spiro atoms. The van der Waals surface area contributed by atoms with Gasteiger partial charge >= 0.3 is 5.97 Å². The predicted molar refractivity (Wildman–Crippen MR) is 97.5 cm³/mol. The SMILES string of the molecule is COc1cc(N(C)C)ccc1[C@H](CC=O)COC(=O)c1ccccc1. The van der Waals surface area contributed by atoms with E-state index >= 15 is 0 Å². The fourth-order valence-corrected chi connectivity index (χ4v) is 2.55. The molecule has 0 saturated heterocycles. The van der Waals surface area contributed by atoms with Crippen molar-refractivity contribution in [1.82, 2.24) is 0 Å². The number of esters is 1. The molecule has 0 aliphatic heterocycles. The van der Waals surface area contributed by atoms with Gasteiger partial charge in [0.15, 0.2) is 0 Å². The summed E-state index contributed by atoms with van der Waals surface area (Å²) in [4.78, 5) is 25.2. The van der Waals surface area contributed by atoms with E-state index in [1.54, 1.807) is 31.4 Å². The van der Waals surface area contributed by atoms with Crippen LogP contribution in [0.4, 0.5) is 5.69 Å². The second kappa shape index (κ2) is 8.87. The Hall–Kier alpha value is -2.82. The number of aldehydes is 1. The molecule has 132 valence electrons. The third kappa shape index (κ3) is 4.83. The lowest BCUT2D eigenvalue weighted by Crippen LogP contribution is -2.15. The van der Waals surface area contributed by atoms with E-state index < -0.39 is 5.97 Å². The maximum Gasteiger partial charge on any atom is 0.338 e.